The van der Waals surface area contributed by atoms with E-state index < -0.39 is 146 Å². The summed E-state index contributed by atoms with van der Waals surface area (Å²) in [6, 6.07) is 0. The molecule has 25 atom stereocenters. The summed E-state index contributed by atoms with van der Waals surface area (Å²) in [6.07, 6.45) is -13.9. The number of carboxylic acid groups (broad SMARTS) is 1. The second kappa shape index (κ2) is 24.4. The van der Waals surface area contributed by atoms with Gasteiger partial charge in [-0.05, 0) is 118 Å². The van der Waals surface area contributed by atoms with E-state index in [1.807, 2.05) is 0 Å². The van der Waals surface area contributed by atoms with Gasteiger partial charge in [-0.3, -0.25) is 0 Å². The van der Waals surface area contributed by atoms with Crippen molar-refractivity contribution in [1.82, 2.24) is 0 Å². The van der Waals surface area contributed by atoms with E-state index in [1.54, 1.807) is 39.8 Å². The third kappa shape index (κ3) is 11.2. The number of aliphatic hydroxyl groups is 10. The molecule has 462 valence electrons. The molecule has 3 heterocycles. The fourth-order valence-electron chi connectivity index (χ4n) is 16.0. The molecule has 81 heavy (non-hydrogen) atoms. The Morgan fingerprint density at radius 2 is 1.30 bits per heavy atom. The number of aliphatic carboxylic acids is 1. The second-order valence-corrected chi connectivity index (χ2v) is 26.5. The summed E-state index contributed by atoms with van der Waals surface area (Å²) in [5.41, 5.74) is 0.536. The molecule has 0 amide bonds. The van der Waals surface area contributed by atoms with E-state index in [9.17, 15) is 70.6 Å². The van der Waals surface area contributed by atoms with Gasteiger partial charge in [0.2, 0.25) is 0 Å². The van der Waals surface area contributed by atoms with Crippen molar-refractivity contribution in [1.29, 1.82) is 0 Å². The van der Waals surface area contributed by atoms with Crippen LogP contribution in [0.15, 0.2) is 34.9 Å². The minimum atomic E-state index is -1.97. The molecule has 22 heteroatoms. The van der Waals surface area contributed by atoms with Crippen molar-refractivity contribution in [3.63, 3.8) is 0 Å². The molecule has 3 aliphatic heterocycles. The highest BCUT2D eigenvalue weighted by atomic mass is 16.8. The monoisotopic (exact) mass is 1150 g/mol. The van der Waals surface area contributed by atoms with Crippen molar-refractivity contribution in [2.45, 2.75) is 232 Å². The number of aliphatic hydroxyl groups excluding tert-OH is 10. The number of methoxy groups -OCH3 is 1. The molecule has 0 spiro atoms. The van der Waals surface area contributed by atoms with E-state index >= 15 is 0 Å². The van der Waals surface area contributed by atoms with Crippen molar-refractivity contribution in [3.8, 4) is 0 Å². The highest BCUT2D eigenvalue weighted by Gasteiger charge is 2.73. The van der Waals surface area contributed by atoms with Gasteiger partial charge in [0, 0.05) is 23.7 Å². The van der Waals surface area contributed by atoms with Gasteiger partial charge in [-0.1, -0.05) is 79.2 Å². The molecule has 0 radical (unpaired) electrons. The van der Waals surface area contributed by atoms with Crippen LogP contribution >= 0.6 is 0 Å². The Kier molecular flexibility index (Phi) is 19.7. The third-order valence-electron chi connectivity index (χ3n) is 21.8. The van der Waals surface area contributed by atoms with E-state index in [4.69, 9.17) is 37.9 Å². The minimum Gasteiger partial charge on any atom is -0.479 e. The molecule has 4 saturated carbocycles. The smallest absolute Gasteiger partial charge is 0.335 e. The lowest BCUT2D eigenvalue weighted by Crippen LogP contribution is -2.72. The van der Waals surface area contributed by atoms with Gasteiger partial charge in [0.25, 0.3) is 0 Å². The highest BCUT2D eigenvalue weighted by molar-refractivity contribution is 5.89. The standard InChI is InChI=1S/C41H64O6.C18H30O16/c1-13-24(3)34(44)46-32-33(47-35(45)25(4)14-2)41(23-42)28(21-36(32,6)7)27-15-16-30-38(10)19-17-26(5)37(8,9)29(38)18-20-39(30,11)40(27,12)22-31(41)43;1-29-18-14(34-17-10(25)8(23)7(22)5(2-19)31-17)12(11(26)13(33-18)15(27)28)32-16-9(24)6(21)4(20)3-30-16/h13-15,26,28-33,42-43H,16-23H2,1-12H3;4-14,16-26H,2-3H2,1H3,(H,27,28)/b24-13-,25-14-;/t26-,28?,29?,30?,31+,32-,33-,38-,39+,40+,41-;4-,5?,6-,7+,8-,9?,10?,11+,12-,13?,14?,16+,17+,18-/m01/s1. The first-order valence-corrected chi connectivity index (χ1v) is 28.8. The first-order valence-electron chi connectivity index (χ1n) is 28.8. The molecule has 0 aromatic rings. The lowest BCUT2D eigenvalue weighted by Gasteiger charge is -2.72. The molecule has 8 rings (SSSR count). The summed E-state index contributed by atoms with van der Waals surface area (Å²) in [5.74, 6) is -0.995. The first kappa shape index (κ1) is 65.5. The van der Waals surface area contributed by atoms with E-state index in [0.29, 0.717) is 41.7 Å². The molecule has 7 fully saturated rings. The van der Waals surface area contributed by atoms with Crippen molar-refractivity contribution in [2.24, 2.45) is 56.2 Å². The van der Waals surface area contributed by atoms with Crippen LogP contribution in [0, 0.1) is 56.2 Å². The van der Waals surface area contributed by atoms with E-state index in [-0.39, 0.29) is 34.2 Å². The Balaban J connectivity index is 0.000000246. The van der Waals surface area contributed by atoms with Crippen molar-refractivity contribution >= 4 is 17.9 Å². The summed E-state index contributed by atoms with van der Waals surface area (Å²) in [5, 5.41) is 113. The number of ether oxygens (including phenoxy) is 8. The fourth-order valence-corrected chi connectivity index (χ4v) is 16.0. The molecule has 0 aromatic heterocycles. The number of carboxylic acids is 1. The molecule has 11 N–H and O–H groups in total. The van der Waals surface area contributed by atoms with Gasteiger partial charge in [0.1, 0.15) is 67.1 Å². The molecule has 0 aromatic carbocycles. The number of rotatable bonds is 12. The fraction of sp³-hybridized carbons (Fsp3) is 0.847. The van der Waals surface area contributed by atoms with Crippen LogP contribution in [0.25, 0.3) is 0 Å². The zero-order valence-corrected chi connectivity index (χ0v) is 49.3. The van der Waals surface area contributed by atoms with Gasteiger partial charge < -0.3 is 94.1 Å². The Morgan fingerprint density at radius 3 is 1.86 bits per heavy atom. The van der Waals surface area contributed by atoms with Gasteiger partial charge in [-0.25, -0.2) is 14.4 Å². The Bertz CT molecular complexity index is 2350. The molecule has 3 saturated heterocycles. The summed E-state index contributed by atoms with van der Waals surface area (Å²) in [6.45, 7) is 24.4. The predicted octanol–water partition coefficient (Wildman–Crippen LogP) is 2.18. The molecule has 5 aliphatic carbocycles. The second-order valence-electron chi connectivity index (χ2n) is 26.5. The van der Waals surface area contributed by atoms with Crippen LogP contribution in [0.3, 0.4) is 0 Å². The molecule has 0 bridgehead atoms. The maximum absolute atomic E-state index is 13.5. The quantitative estimate of drug-likeness (QED) is 0.0758. The number of fused-ring (bicyclic) bond motifs is 7. The number of allylic oxidation sites excluding steroid dienone is 4. The van der Waals surface area contributed by atoms with Crippen LogP contribution in [0.2, 0.25) is 0 Å². The summed E-state index contributed by atoms with van der Waals surface area (Å²) in [4.78, 5) is 38.4. The SMILES string of the molecule is C/C=C(/C)C(=O)O[C@H]1[C@H](OC(=O)/C(C)=C\C)[C@@]2(CO)C(CC1(C)C)C1=CCC3[C@@]4(C)CC[C@H](C)C(C)(C)C4CC[C@@]3(C)[C@]1(C)C[C@H]2O.CO[C@@H]1OC(C(=O)O)[C@@H](O)[C@@H](O[C@@H]2OC[C@@H](O)[C@@H](O)C2O)C1O[C@@H]1OC(CO)[C@H](O)[C@@H](O)C1O. The van der Waals surface area contributed by atoms with Crippen LogP contribution < -0.4 is 0 Å². The zero-order chi connectivity index (χ0) is 60.4. The minimum absolute atomic E-state index is 0.0359. The Morgan fingerprint density at radius 1 is 0.704 bits per heavy atom. The lowest BCUT2D eigenvalue weighted by atomic mass is 9.32. The largest absolute Gasteiger partial charge is 0.479 e. The maximum Gasteiger partial charge on any atom is 0.335 e. The molecular formula is C59H94O22. The van der Waals surface area contributed by atoms with E-state index in [0.717, 1.165) is 20.0 Å². The van der Waals surface area contributed by atoms with Gasteiger partial charge in [-0.2, -0.15) is 0 Å². The molecule has 8 aliphatic rings. The molecule has 8 unspecified atom stereocenters. The summed E-state index contributed by atoms with van der Waals surface area (Å²) >= 11 is 0. The molecular weight excluding hydrogens is 1060 g/mol. The number of hydrogen-bond acceptors (Lipinski definition) is 21. The number of carbonyl (C=O) groups excluding carboxylic acids is 2. The van der Waals surface area contributed by atoms with Crippen molar-refractivity contribution < 1.29 is 108 Å². The van der Waals surface area contributed by atoms with Crippen LogP contribution in [0.4, 0.5) is 0 Å². The van der Waals surface area contributed by atoms with E-state index in [2.05, 4.69) is 61.5 Å². The number of carbonyl (C=O) groups is 3. The Hall–Kier alpha value is -3.01. The molecule has 22 nitrogen and oxygen atoms in total. The van der Waals surface area contributed by atoms with Gasteiger partial charge in [-0.15, -0.1) is 0 Å². The van der Waals surface area contributed by atoms with Crippen molar-refractivity contribution in [3.05, 3.63) is 34.9 Å². The first-order chi connectivity index (χ1) is 37.7. The van der Waals surface area contributed by atoms with E-state index in [1.165, 1.54) is 24.8 Å². The predicted molar refractivity (Wildman–Crippen MR) is 287 cm³/mol. The van der Waals surface area contributed by atoms with Gasteiger partial charge in [0.05, 0.1) is 31.3 Å². The number of hydrogen-bond donors (Lipinski definition) is 11. The van der Waals surface area contributed by atoms with Crippen LogP contribution in [0.1, 0.15) is 128 Å². The van der Waals surface area contributed by atoms with Gasteiger partial charge >= 0.3 is 17.9 Å². The zero-order valence-electron chi connectivity index (χ0n) is 49.3. The topological polar surface area (TPSA) is 348 Å². The van der Waals surface area contributed by atoms with Crippen LogP contribution in [0.5, 0.6) is 0 Å². The van der Waals surface area contributed by atoms with Gasteiger partial charge in [0.15, 0.2) is 31.1 Å². The van der Waals surface area contributed by atoms with Crippen molar-refractivity contribution in [2.75, 3.05) is 26.9 Å². The van der Waals surface area contributed by atoms with Crippen LogP contribution in [-0.4, -0.2) is 205 Å². The normalized spacial score (nSPS) is 47.6. The lowest BCUT2D eigenvalue weighted by molar-refractivity contribution is -0.382. The van der Waals surface area contributed by atoms with Crippen LogP contribution in [-0.2, 0) is 52.3 Å². The third-order valence-corrected chi connectivity index (χ3v) is 21.8. The summed E-state index contributed by atoms with van der Waals surface area (Å²) < 4.78 is 44.5. The Labute approximate surface area is 475 Å². The summed E-state index contributed by atoms with van der Waals surface area (Å²) in [7, 11) is 1.11. The average molecular weight is 1160 g/mol. The highest BCUT2D eigenvalue weighted by Crippen LogP contribution is 2.76. The average Bonchev–Trinajstić information content (AvgIpc) is 3.23. The number of esters is 2. The maximum atomic E-state index is 13.5.